The van der Waals surface area contributed by atoms with Crippen molar-refractivity contribution in [3.05, 3.63) is 46.8 Å². The first-order valence-electron chi connectivity index (χ1n) is 6.72. The van der Waals surface area contributed by atoms with Gasteiger partial charge in [-0.3, -0.25) is 0 Å². The number of nitrogens with zero attached hydrogens (tertiary/aromatic N) is 2. The molecule has 0 radical (unpaired) electrons. The first-order valence-corrected chi connectivity index (χ1v) is 6.72. The maximum absolute atomic E-state index is 11.3. The van der Waals surface area contributed by atoms with E-state index < -0.39 is 5.97 Å². The number of aromatic carboxylic acids is 1. The molecule has 1 aromatic heterocycles. The number of benzene rings is 1. The van der Waals surface area contributed by atoms with Crippen LogP contribution in [0.2, 0.25) is 0 Å². The summed E-state index contributed by atoms with van der Waals surface area (Å²) in [7, 11) is 0. The van der Waals surface area contributed by atoms with Crippen LogP contribution in [0.4, 0.5) is 0 Å². The SMILES string of the molecule is CCc1cccc(-n2nc(C(=O)O)c3c2CCOC3)c1. The molecule has 0 unspecified atom stereocenters. The first kappa shape index (κ1) is 12.9. The number of aryl methyl sites for hydroxylation is 1. The molecule has 1 aromatic carbocycles. The molecule has 1 N–H and O–H groups in total. The van der Waals surface area contributed by atoms with Crippen LogP contribution in [0.15, 0.2) is 24.3 Å². The molecule has 0 saturated heterocycles. The summed E-state index contributed by atoms with van der Waals surface area (Å²) in [6.07, 6.45) is 1.62. The van der Waals surface area contributed by atoms with Gasteiger partial charge in [-0.05, 0) is 24.1 Å². The third-order valence-electron chi connectivity index (χ3n) is 3.59. The predicted octanol–water partition coefficient (Wildman–Crippen LogP) is 2.21. The molecule has 2 aromatic rings. The molecule has 3 rings (SSSR count). The van der Waals surface area contributed by atoms with Gasteiger partial charge in [-0.2, -0.15) is 5.10 Å². The van der Waals surface area contributed by atoms with Crippen LogP contribution >= 0.6 is 0 Å². The largest absolute Gasteiger partial charge is 0.476 e. The van der Waals surface area contributed by atoms with E-state index in [0.29, 0.717) is 25.2 Å². The molecule has 20 heavy (non-hydrogen) atoms. The van der Waals surface area contributed by atoms with Crippen LogP contribution in [0.3, 0.4) is 0 Å². The third-order valence-corrected chi connectivity index (χ3v) is 3.59. The minimum Gasteiger partial charge on any atom is -0.476 e. The van der Waals surface area contributed by atoms with Crippen LogP contribution in [-0.2, 0) is 24.2 Å². The minimum atomic E-state index is -1.00. The van der Waals surface area contributed by atoms with Crippen LogP contribution in [0.25, 0.3) is 5.69 Å². The fourth-order valence-electron chi connectivity index (χ4n) is 2.53. The molecule has 5 nitrogen and oxygen atoms in total. The van der Waals surface area contributed by atoms with Crippen molar-refractivity contribution in [2.75, 3.05) is 6.61 Å². The molecule has 0 fully saturated rings. The van der Waals surface area contributed by atoms with Crippen molar-refractivity contribution in [1.82, 2.24) is 9.78 Å². The standard InChI is InChI=1S/C15H16N2O3/c1-2-10-4-3-5-11(8-10)17-13-6-7-20-9-12(13)14(16-17)15(18)19/h3-5,8H,2,6-7,9H2,1H3,(H,18,19). The summed E-state index contributed by atoms with van der Waals surface area (Å²) in [6, 6.07) is 8.03. The molecule has 0 atom stereocenters. The van der Waals surface area contributed by atoms with Crippen molar-refractivity contribution in [3.63, 3.8) is 0 Å². The van der Waals surface area contributed by atoms with E-state index in [1.165, 1.54) is 5.56 Å². The summed E-state index contributed by atoms with van der Waals surface area (Å²) in [6.45, 7) is 3.02. The molecule has 1 aliphatic rings. The van der Waals surface area contributed by atoms with E-state index in [1.807, 2.05) is 18.2 Å². The lowest BCUT2D eigenvalue weighted by atomic mass is 10.1. The molecular formula is C15H16N2O3. The van der Waals surface area contributed by atoms with E-state index in [1.54, 1.807) is 4.68 Å². The smallest absolute Gasteiger partial charge is 0.356 e. The Morgan fingerprint density at radius 1 is 1.50 bits per heavy atom. The van der Waals surface area contributed by atoms with E-state index in [9.17, 15) is 9.90 Å². The topological polar surface area (TPSA) is 64.4 Å². The van der Waals surface area contributed by atoms with Crippen molar-refractivity contribution in [2.24, 2.45) is 0 Å². The van der Waals surface area contributed by atoms with E-state index in [0.717, 1.165) is 17.8 Å². The molecule has 0 saturated carbocycles. The van der Waals surface area contributed by atoms with Gasteiger partial charge in [-0.1, -0.05) is 19.1 Å². The maximum atomic E-state index is 11.3. The number of ether oxygens (including phenoxy) is 1. The third kappa shape index (κ3) is 2.10. The Bertz CT molecular complexity index is 661. The summed E-state index contributed by atoms with van der Waals surface area (Å²) in [5.74, 6) is -1.00. The molecule has 104 valence electrons. The molecule has 0 amide bonds. The second kappa shape index (κ2) is 5.09. The Kier molecular flexibility index (Phi) is 3.28. The molecule has 5 heteroatoms. The van der Waals surface area contributed by atoms with E-state index >= 15 is 0 Å². The van der Waals surface area contributed by atoms with Crippen LogP contribution in [0.1, 0.15) is 34.2 Å². The van der Waals surface area contributed by atoms with Gasteiger partial charge in [0.25, 0.3) is 0 Å². The molecule has 2 heterocycles. The number of rotatable bonds is 3. The number of fused-ring (bicyclic) bond motifs is 1. The van der Waals surface area contributed by atoms with Crippen molar-refractivity contribution in [2.45, 2.75) is 26.4 Å². The minimum absolute atomic E-state index is 0.0987. The average Bonchev–Trinajstić information content (AvgIpc) is 2.87. The predicted molar refractivity (Wildman–Crippen MR) is 73.3 cm³/mol. The van der Waals surface area contributed by atoms with Gasteiger partial charge in [-0.25, -0.2) is 9.48 Å². The molecule has 1 aliphatic heterocycles. The van der Waals surface area contributed by atoms with Crippen LogP contribution in [0.5, 0.6) is 0 Å². The normalized spacial score (nSPS) is 14.1. The first-order chi connectivity index (χ1) is 9.70. The number of carbonyl (C=O) groups is 1. The van der Waals surface area contributed by atoms with Gasteiger partial charge in [0.05, 0.1) is 24.6 Å². The Morgan fingerprint density at radius 3 is 3.10 bits per heavy atom. The molecular weight excluding hydrogens is 256 g/mol. The molecule has 0 spiro atoms. The fraction of sp³-hybridized carbons (Fsp3) is 0.333. The molecule has 0 bridgehead atoms. The summed E-state index contributed by atoms with van der Waals surface area (Å²) < 4.78 is 7.11. The van der Waals surface area contributed by atoms with Crippen molar-refractivity contribution < 1.29 is 14.6 Å². The quantitative estimate of drug-likeness (QED) is 0.930. The van der Waals surface area contributed by atoms with Crippen molar-refractivity contribution in [3.8, 4) is 5.69 Å². The Balaban J connectivity index is 2.15. The number of aromatic nitrogens is 2. The van der Waals surface area contributed by atoms with Gasteiger partial charge in [0.15, 0.2) is 5.69 Å². The van der Waals surface area contributed by atoms with Crippen LogP contribution in [0, 0.1) is 0 Å². The number of hydrogen-bond donors (Lipinski definition) is 1. The van der Waals surface area contributed by atoms with Gasteiger partial charge in [0, 0.05) is 12.0 Å². The Hall–Kier alpha value is -2.14. The highest BCUT2D eigenvalue weighted by atomic mass is 16.5. The highest BCUT2D eigenvalue weighted by molar-refractivity contribution is 5.87. The summed E-state index contributed by atoms with van der Waals surface area (Å²) in [5, 5.41) is 13.5. The van der Waals surface area contributed by atoms with Crippen LogP contribution < -0.4 is 0 Å². The van der Waals surface area contributed by atoms with Crippen LogP contribution in [-0.4, -0.2) is 27.5 Å². The highest BCUT2D eigenvalue weighted by Crippen LogP contribution is 2.24. The lowest BCUT2D eigenvalue weighted by Crippen LogP contribution is -2.13. The van der Waals surface area contributed by atoms with E-state index in [-0.39, 0.29) is 5.69 Å². The average molecular weight is 272 g/mol. The number of carboxylic acid groups (broad SMARTS) is 1. The summed E-state index contributed by atoms with van der Waals surface area (Å²) in [5.41, 5.74) is 3.86. The molecule has 0 aliphatic carbocycles. The second-order valence-electron chi connectivity index (χ2n) is 4.82. The number of carboxylic acids is 1. The van der Waals surface area contributed by atoms with E-state index in [2.05, 4.69) is 18.1 Å². The Labute approximate surface area is 116 Å². The monoisotopic (exact) mass is 272 g/mol. The number of hydrogen-bond acceptors (Lipinski definition) is 3. The summed E-state index contributed by atoms with van der Waals surface area (Å²) in [4.78, 5) is 11.3. The van der Waals surface area contributed by atoms with Gasteiger partial charge in [0.1, 0.15) is 0 Å². The van der Waals surface area contributed by atoms with Gasteiger partial charge in [0.2, 0.25) is 0 Å². The van der Waals surface area contributed by atoms with Gasteiger partial charge < -0.3 is 9.84 Å². The van der Waals surface area contributed by atoms with Gasteiger partial charge in [-0.15, -0.1) is 0 Å². The Morgan fingerprint density at radius 2 is 2.35 bits per heavy atom. The fourth-order valence-corrected chi connectivity index (χ4v) is 2.53. The van der Waals surface area contributed by atoms with Crippen molar-refractivity contribution >= 4 is 5.97 Å². The maximum Gasteiger partial charge on any atom is 0.356 e. The zero-order chi connectivity index (χ0) is 14.1. The van der Waals surface area contributed by atoms with Gasteiger partial charge >= 0.3 is 5.97 Å². The zero-order valence-electron chi connectivity index (χ0n) is 11.3. The van der Waals surface area contributed by atoms with E-state index in [4.69, 9.17) is 4.74 Å². The second-order valence-corrected chi connectivity index (χ2v) is 4.82. The lowest BCUT2D eigenvalue weighted by molar-refractivity contribution is 0.0677. The zero-order valence-corrected chi connectivity index (χ0v) is 11.3. The highest BCUT2D eigenvalue weighted by Gasteiger charge is 2.25. The lowest BCUT2D eigenvalue weighted by Gasteiger charge is -2.15. The van der Waals surface area contributed by atoms with Crippen molar-refractivity contribution in [1.29, 1.82) is 0 Å². The summed E-state index contributed by atoms with van der Waals surface area (Å²) >= 11 is 0.